The lowest BCUT2D eigenvalue weighted by atomic mass is 10.1. The molecule has 1 aromatic heterocycles. The van der Waals surface area contributed by atoms with Gasteiger partial charge in [0.2, 0.25) is 0 Å². The molecule has 0 saturated carbocycles. The van der Waals surface area contributed by atoms with Gasteiger partial charge in [0.05, 0.1) is 18.8 Å². The Kier molecular flexibility index (Phi) is 4.93. The fourth-order valence-corrected chi connectivity index (χ4v) is 2.33. The van der Waals surface area contributed by atoms with Crippen molar-refractivity contribution in [2.75, 3.05) is 0 Å². The minimum Gasteiger partial charge on any atom is -0.467 e. The van der Waals surface area contributed by atoms with E-state index in [1.165, 1.54) is 0 Å². The predicted molar refractivity (Wildman–Crippen MR) is 79.0 cm³/mol. The van der Waals surface area contributed by atoms with Crippen molar-refractivity contribution in [1.82, 2.24) is 10.6 Å². The zero-order chi connectivity index (χ0) is 14.5. The standard InChI is InChI=1S/C14H14Cl2N2O2/c1-9(12-5-4-10(15)7-13(12)16)18-14(19)17-8-11-3-2-6-20-11/h2-7,9H,8H2,1H3,(H2,17,18,19). The summed E-state index contributed by atoms with van der Waals surface area (Å²) in [5, 5.41) is 6.59. The number of hydrogen-bond acceptors (Lipinski definition) is 2. The predicted octanol–water partition coefficient (Wildman–Crippen LogP) is 4.15. The summed E-state index contributed by atoms with van der Waals surface area (Å²) in [5.41, 5.74) is 0.809. The number of carbonyl (C=O) groups is 1. The van der Waals surface area contributed by atoms with Crippen LogP contribution < -0.4 is 10.6 Å². The van der Waals surface area contributed by atoms with Crippen molar-refractivity contribution < 1.29 is 9.21 Å². The number of amides is 2. The summed E-state index contributed by atoms with van der Waals surface area (Å²) >= 11 is 11.9. The van der Waals surface area contributed by atoms with E-state index in [9.17, 15) is 4.79 Å². The Morgan fingerprint density at radius 1 is 1.35 bits per heavy atom. The lowest BCUT2D eigenvalue weighted by molar-refractivity contribution is 0.236. The molecule has 2 aromatic rings. The first-order chi connectivity index (χ1) is 9.56. The summed E-state index contributed by atoms with van der Waals surface area (Å²) < 4.78 is 5.13. The number of furan rings is 1. The molecule has 2 rings (SSSR count). The van der Waals surface area contributed by atoms with Crippen LogP contribution in [0.15, 0.2) is 41.0 Å². The zero-order valence-corrected chi connectivity index (χ0v) is 12.3. The largest absolute Gasteiger partial charge is 0.467 e. The van der Waals surface area contributed by atoms with Crippen molar-refractivity contribution in [3.8, 4) is 0 Å². The first-order valence-corrected chi connectivity index (χ1v) is 6.83. The molecule has 0 radical (unpaired) electrons. The normalized spacial score (nSPS) is 11.9. The molecule has 1 unspecified atom stereocenters. The number of benzene rings is 1. The molecule has 20 heavy (non-hydrogen) atoms. The Morgan fingerprint density at radius 3 is 2.80 bits per heavy atom. The average molecular weight is 313 g/mol. The molecule has 106 valence electrons. The SMILES string of the molecule is CC(NC(=O)NCc1ccco1)c1ccc(Cl)cc1Cl. The molecule has 4 nitrogen and oxygen atoms in total. The first-order valence-electron chi connectivity index (χ1n) is 6.08. The highest BCUT2D eigenvalue weighted by molar-refractivity contribution is 6.35. The van der Waals surface area contributed by atoms with Crippen LogP contribution in [0.5, 0.6) is 0 Å². The summed E-state index contributed by atoms with van der Waals surface area (Å²) in [5.74, 6) is 0.692. The summed E-state index contributed by atoms with van der Waals surface area (Å²) in [6.45, 7) is 2.18. The van der Waals surface area contributed by atoms with Crippen molar-refractivity contribution in [2.45, 2.75) is 19.5 Å². The molecule has 0 aliphatic rings. The summed E-state index contributed by atoms with van der Waals surface area (Å²) in [6, 6.07) is 8.22. The molecular formula is C14H14Cl2N2O2. The highest BCUT2D eigenvalue weighted by Gasteiger charge is 2.12. The fourth-order valence-electron chi connectivity index (χ4n) is 1.76. The number of halogens is 2. The number of urea groups is 1. The minimum absolute atomic E-state index is 0.226. The molecule has 6 heteroatoms. The second-order valence-corrected chi connectivity index (χ2v) is 5.14. The van der Waals surface area contributed by atoms with Crippen LogP contribution in [-0.4, -0.2) is 6.03 Å². The van der Waals surface area contributed by atoms with Gasteiger partial charge in [-0.1, -0.05) is 29.3 Å². The van der Waals surface area contributed by atoms with Gasteiger partial charge < -0.3 is 15.1 Å². The van der Waals surface area contributed by atoms with Crippen molar-refractivity contribution in [3.63, 3.8) is 0 Å². The maximum Gasteiger partial charge on any atom is 0.315 e. The summed E-state index contributed by atoms with van der Waals surface area (Å²) in [7, 11) is 0. The van der Waals surface area contributed by atoms with Crippen LogP contribution in [0.2, 0.25) is 10.0 Å². The zero-order valence-electron chi connectivity index (χ0n) is 10.8. The summed E-state index contributed by atoms with van der Waals surface area (Å²) in [4.78, 5) is 11.8. The average Bonchev–Trinajstić information content (AvgIpc) is 2.89. The Bertz CT molecular complexity index is 585. The van der Waals surface area contributed by atoms with E-state index < -0.39 is 0 Å². The molecule has 0 spiro atoms. The van der Waals surface area contributed by atoms with Gasteiger partial charge in [0.25, 0.3) is 0 Å². The van der Waals surface area contributed by atoms with Gasteiger partial charge >= 0.3 is 6.03 Å². The Labute approximate surface area is 127 Å². The molecule has 1 atom stereocenters. The first kappa shape index (κ1) is 14.8. The Morgan fingerprint density at radius 2 is 2.15 bits per heavy atom. The number of nitrogens with one attached hydrogen (secondary N) is 2. The van der Waals surface area contributed by atoms with Gasteiger partial charge in [0, 0.05) is 10.0 Å². The Hall–Kier alpha value is -1.65. The number of hydrogen-bond donors (Lipinski definition) is 2. The van der Waals surface area contributed by atoms with Crippen LogP contribution in [0.3, 0.4) is 0 Å². The third kappa shape index (κ3) is 3.92. The lowest BCUT2D eigenvalue weighted by Gasteiger charge is -2.16. The molecule has 2 N–H and O–H groups in total. The highest BCUT2D eigenvalue weighted by atomic mass is 35.5. The van der Waals surface area contributed by atoms with Gasteiger partial charge in [-0.05, 0) is 36.8 Å². The molecule has 2 amide bonds. The summed E-state index contributed by atoms with van der Waals surface area (Å²) in [6.07, 6.45) is 1.56. The van der Waals surface area contributed by atoms with Gasteiger partial charge in [-0.2, -0.15) is 0 Å². The Balaban J connectivity index is 1.90. The number of rotatable bonds is 4. The van der Waals surface area contributed by atoms with Gasteiger partial charge in [0.15, 0.2) is 0 Å². The van der Waals surface area contributed by atoms with E-state index >= 15 is 0 Å². The highest BCUT2D eigenvalue weighted by Crippen LogP contribution is 2.25. The lowest BCUT2D eigenvalue weighted by Crippen LogP contribution is -2.36. The van der Waals surface area contributed by atoms with Gasteiger partial charge in [-0.3, -0.25) is 0 Å². The maximum atomic E-state index is 11.8. The van der Waals surface area contributed by atoms with E-state index in [0.29, 0.717) is 22.4 Å². The molecule has 0 saturated heterocycles. The monoisotopic (exact) mass is 312 g/mol. The molecule has 1 heterocycles. The molecule has 0 fully saturated rings. The molecular weight excluding hydrogens is 299 g/mol. The second kappa shape index (κ2) is 6.68. The molecule has 0 aliphatic heterocycles. The van der Waals surface area contributed by atoms with E-state index in [0.717, 1.165) is 5.56 Å². The second-order valence-electron chi connectivity index (χ2n) is 4.29. The third-order valence-electron chi connectivity index (χ3n) is 2.78. The smallest absolute Gasteiger partial charge is 0.315 e. The van der Waals surface area contributed by atoms with E-state index in [-0.39, 0.29) is 12.1 Å². The van der Waals surface area contributed by atoms with Crippen molar-refractivity contribution >= 4 is 29.2 Å². The van der Waals surface area contributed by atoms with Gasteiger partial charge in [0.1, 0.15) is 5.76 Å². The number of carbonyl (C=O) groups excluding carboxylic acids is 1. The van der Waals surface area contributed by atoms with E-state index in [1.54, 1.807) is 36.6 Å². The van der Waals surface area contributed by atoms with Crippen LogP contribution in [-0.2, 0) is 6.54 Å². The van der Waals surface area contributed by atoms with E-state index in [1.807, 2.05) is 6.92 Å². The van der Waals surface area contributed by atoms with Crippen LogP contribution >= 0.6 is 23.2 Å². The maximum absolute atomic E-state index is 11.8. The quantitative estimate of drug-likeness (QED) is 0.891. The molecule has 1 aromatic carbocycles. The van der Waals surface area contributed by atoms with Crippen molar-refractivity contribution in [1.29, 1.82) is 0 Å². The molecule has 0 bridgehead atoms. The van der Waals surface area contributed by atoms with Crippen LogP contribution in [0.4, 0.5) is 4.79 Å². The van der Waals surface area contributed by atoms with E-state index in [2.05, 4.69) is 10.6 Å². The van der Waals surface area contributed by atoms with Crippen LogP contribution in [0, 0.1) is 0 Å². The third-order valence-corrected chi connectivity index (χ3v) is 3.34. The van der Waals surface area contributed by atoms with Gasteiger partial charge in [-0.15, -0.1) is 0 Å². The van der Waals surface area contributed by atoms with Crippen LogP contribution in [0.25, 0.3) is 0 Å². The van der Waals surface area contributed by atoms with Crippen molar-refractivity contribution in [3.05, 3.63) is 58.0 Å². The minimum atomic E-state index is -0.292. The fraction of sp³-hybridized carbons (Fsp3) is 0.214. The van der Waals surface area contributed by atoms with Crippen molar-refractivity contribution in [2.24, 2.45) is 0 Å². The molecule has 0 aliphatic carbocycles. The van der Waals surface area contributed by atoms with Crippen LogP contribution in [0.1, 0.15) is 24.3 Å². The van der Waals surface area contributed by atoms with Gasteiger partial charge in [-0.25, -0.2) is 4.79 Å². The topological polar surface area (TPSA) is 54.3 Å². The van der Waals surface area contributed by atoms with E-state index in [4.69, 9.17) is 27.6 Å².